The lowest BCUT2D eigenvalue weighted by molar-refractivity contribution is 0.190. The molecule has 2 amide bonds. The Balaban J connectivity index is 1.60. The van der Waals surface area contributed by atoms with Crippen molar-refractivity contribution in [3.05, 3.63) is 70.2 Å². The Hall–Kier alpha value is -2.00. The van der Waals surface area contributed by atoms with E-state index in [1.54, 1.807) is 0 Å². The number of nitrogens with one attached hydrogen (secondary N) is 1. The zero-order valence-electron chi connectivity index (χ0n) is 14.2. The van der Waals surface area contributed by atoms with Crippen molar-refractivity contribution in [2.75, 3.05) is 13.1 Å². The largest absolute Gasteiger partial charge is 0.337 e. The molecule has 0 aromatic heterocycles. The van der Waals surface area contributed by atoms with Crippen LogP contribution in [-0.2, 0) is 18.4 Å². The molecule has 0 spiro atoms. The maximum absolute atomic E-state index is 12.5. The molecule has 1 heterocycles. The van der Waals surface area contributed by atoms with E-state index in [1.807, 2.05) is 35.2 Å². The van der Waals surface area contributed by atoms with Crippen LogP contribution >= 0.6 is 11.6 Å². The minimum Gasteiger partial charge on any atom is -0.337 e. The Morgan fingerprint density at radius 2 is 1.79 bits per heavy atom. The summed E-state index contributed by atoms with van der Waals surface area (Å²) in [4.78, 5) is 14.4. The highest BCUT2D eigenvalue weighted by Crippen LogP contribution is 2.24. The summed E-state index contributed by atoms with van der Waals surface area (Å²) in [5, 5.41) is 3.82. The SMILES string of the molecule is CC(C)(CNC(=O)N1CCc2ccccc2C1)c1ccc(Cl)cc1. The van der Waals surface area contributed by atoms with Gasteiger partial charge in [0, 0.05) is 30.1 Å². The number of carbonyl (C=O) groups excluding carboxylic acids is 1. The molecule has 0 saturated carbocycles. The van der Waals surface area contributed by atoms with Crippen LogP contribution in [0.5, 0.6) is 0 Å². The number of amides is 2. The van der Waals surface area contributed by atoms with E-state index in [1.165, 1.54) is 11.1 Å². The van der Waals surface area contributed by atoms with Crippen LogP contribution in [0.1, 0.15) is 30.5 Å². The van der Waals surface area contributed by atoms with Crippen molar-refractivity contribution in [2.24, 2.45) is 0 Å². The maximum Gasteiger partial charge on any atom is 0.317 e. The number of hydrogen-bond acceptors (Lipinski definition) is 1. The van der Waals surface area contributed by atoms with Crippen molar-refractivity contribution in [2.45, 2.75) is 32.2 Å². The molecule has 0 saturated heterocycles. The second kappa shape index (κ2) is 6.86. The number of benzene rings is 2. The molecule has 3 rings (SSSR count). The van der Waals surface area contributed by atoms with Gasteiger partial charge < -0.3 is 10.2 Å². The summed E-state index contributed by atoms with van der Waals surface area (Å²) >= 11 is 5.96. The standard InChI is InChI=1S/C20H23ClN2O/c1-20(2,17-7-9-18(21)10-8-17)14-22-19(24)23-12-11-15-5-3-4-6-16(15)13-23/h3-10H,11-14H2,1-2H3,(H,22,24). The first kappa shape index (κ1) is 16.8. The molecular weight excluding hydrogens is 320 g/mol. The van der Waals surface area contributed by atoms with Crippen molar-refractivity contribution in [3.63, 3.8) is 0 Å². The fraction of sp³-hybridized carbons (Fsp3) is 0.350. The average molecular weight is 343 g/mol. The number of halogens is 1. The molecule has 1 aliphatic heterocycles. The van der Waals surface area contributed by atoms with Gasteiger partial charge in [-0.05, 0) is 35.2 Å². The summed E-state index contributed by atoms with van der Waals surface area (Å²) in [5.41, 5.74) is 3.61. The molecule has 1 aliphatic rings. The lowest BCUT2D eigenvalue weighted by atomic mass is 9.84. The number of urea groups is 1. The number of carbonyl (C=O) groups is 1. The van der Waals surface area contributed by atoms with Crippen LogP contribution in [0.3, 0.4) is 0 Å². The van der Waals surface area contributed by atoms with Crippen molar-refractivity contribution in [1.29, 1.82) is 0 Å². The number of rotatable bonds is 3. The predicted molar refractivity (Wildman–Crippen MR) is 98.4 cm³/mol. The molecule has 0 unspecified atom stereocenters. The molecule has 24 heavy (non-hydrogen) atoms. The van der Waals surface area contributed by atoms with E-state index in [4.69, 9.17) is 11.6 Å². The maximum atomic E-state index is 12.5. The van der Waals surface area contributed by atoms with Crippen LogP contribution < -0.4 is 5.32 Å². The summed E-state index contributed by atoms with van der Waals surface area (Å²) in [6.07, 6.45) is 0.921. The zero-order valence-corrected chi connectivity index (χ0v) is 14.9. The Morgan fingerprint density at radius 3 is 2.50 bits per heavy atom. The van der Waals surface area contributed by atoms with Gasteiger partial charge in [-0.1, -0.05) is 61.8 Å². The first-order valence-corrected chi connectivity index (χ1v) is 8.69. The van der Waals surface area contributed by atoms with Gasteiger partial charge in [-0.25, -0.2) is 4.79 Å². The third-order valence-electron chi connectivity index (χ3n) is 4.73. The number of nitrogens with zero attached hydrogens (tertiary/aromatic N) is 1. The Morgan fingerprint density at radius 1 is 1.12 bits per heavy atom. The van der Waals surface area contributed by atoms with E-state index in [0.717, 1.165) is 23.6 Å². The van der Waals surface area contributed by atoms with Gasteiger partial charge in [0.15, 0.2) is 0 Å². The average Bonchev–Trinajstić information content (AvgIpc) is 2.59. The molecule has 0 bridgehead atoms. The molecule has 0 aliphatic carbocycles. The van der Waals surface area contributed by atoms with Gasteiger partial charge in [0.2, 0.25) is 0 Å². The third-order valence-corrected chi connectivity index (χ3v) is 4.98. The fourth-order valence-electron chi connectivity index (χ4n) is 3.08. The molecule has 2 aromatic carbocycles. The first-order valence-electron chi connectivity index (χ1n) is 8.31. The van der Waals surface area contributed by atoms with Crippen LogP contribution in [-0.4, -0.2) is 24.0 Å². The summed E-state index contributed by atoms with van der Waals surface area (Å²) < 4.78 is 0. The lowest BCUT2D eigenvalue weighted by Gasteiger charge is -2.31. The van der Waals surface area contributed by atoms with Crippen molar-refractivity contribution >= 4 is 17.6 Å². The predicted octanol–water partition coefficient (Wildman–Crippen LogP) is 4.39. The summed E-state index contributed by atoms with van der Waals surface area (Å²) in [7, 11) is 0. The van der Waals surface area contributed by atoms with Crippen molar-refractivity contribution in [3.8, 4) is 0 Å². The molecule has 4 heteroatoms. The quantitative estimate of drug-likeness (QED) is 0.881. The highest BCUT2D eigenvalue weighted by molar-refractivity contribution is 6.30. The molecule has 1 N–H and O–H groups in total. The summed E-state index contributed by atoms with van der Waals surface area (Å²) in [6.45, 7) is 6.29. The van der Waals surface area contributed by atoms with E-state index >= 15 is 0 Å². The van der Waals surface area contributed by atoms with Gasteiger partial charge in [0.05, 0.1) is 0 Å². The van der Waals surface area contributed by atoms with Gasteiger partial charge in [-0.3, -0.25) is 0 Å². The number of fused-ring (bicyclic) bond motifs is 1. The smallest absolute Gasteiger partial charge is 0.317 e. The van der Waals surface area contributed by atoms with Crippen LogP contribution in [0.4, 0.5) is 4.79 Å². The topological polar surface area (TPSA) is 32.3 Å². The third kappa shape index (κ3) is 3.73. The first-order chi connectivity index (χ1) is 11.5. The normalized spacial score (nSPS) is 14.2. The van der Waals surface area contributed by atoms with Gasteiger partial charge in [0.1, 0.15) is 0 Å². The van der Waals surface area contributed by atoms with Gasteiger partial charge in [-0.15, -0.1) is 0 Å². The van der Waals surface area contributed by atoms with E-state index in [9.17, 15) is 4.79 Å². The van der Waals surface area contributed by atoms with E-state index in [2.05, 4.69) is 37.4 Å². The molecular formula is C20H23ClN2O. The highest BCUT2D eigenvalue weighted by Gasteiger charge is 2.24. The van der Waals surface area contributed by atoms with Crippen molar-refractivity contribution < 1.29 is 4.79 Å². The second-order valence-corrected chi connectivity index (χ2v) is 7.43. The monoisotopic (exact) mass is 342 g/mol. The molecule has 0 atom stereocenters. The van der Waals surface area contributed by atoms with Crippen LogP contribution in [0, 0.1) is 0 Å². The minimum absolute atomic E-state index is 0.00606. The summed E-state index contributed by atoms with van der Waals surface area (Å²) in [6, 6.07) is 16.2. The van der Waals surface area contributed by atoms with Crippen LogP contribution in [0.15, 0.2) is 48.5 Å². The molecule has 0 radical (unpaired) electrons. The fourth-order valence-corrected chi connectivity index (χ4v) is 3.21. The second-order valence-electron chi connectivity index (χ2n) is 6.99. The Bertz CT molecular complexity index is 725. The molecule has 3 nitrogen and oxygen atoms in total. The Labute approximate surface area is 148 Å². The minimum atomic E-state index is -0.145. The zero-order chi connectivity index (χ0) is 17.2. The van der Waals surface area contributed by atoms with E-state index < -0.39 is 0 Å². The summed E-state index contributed by atoms with van der Waals surface area (Å²) in [5.74, 6) is 0. The van der Waals surface area contributed by atoms with E-state index in [-0.39, 0.29) is 11.4 Å². The number of hydrogen-bond donors (Lipinski definition) is 1. The molecule has 126 valence electrons. The van der Waals surface area contributed by atoms with Gasteiger partial charge in [0.25, 0.3) is 0 Å². The van der Waals surface area contributed by atoms with Crippen LogP contribution in [0.2, 0.25) is 5.02 Å². The Kier molecular flexibility index (Phi) is 4.81. The lowest BCUT2D eigenvalue weighted by Crippen LogP contribution is -2.46. The van der Waals surface area contributed by atoms with E-state index in [0.29, 0.717) is 13.1 Å². The highest BCUT2D eigenvalue weighted by atomic mass is 35.5. The van der Waals surface area contributed by atoms with Gasteiger partial charge >= 0.3 is 6.03 Å². The van der Waals surface area contributed by atoms with Crippen molar-refractivity contribution in [1.82, 2.24) is 10.2 Å². The molecule has 0 fully saturated rings. The van der Waals surface area contributed by atoms with Crippen LogP contribution in [0.25, 0.3) is 0 Å². The van der Waals surface area contributed by atoms with Gasteiger partial charge in [-0.2, -0.15) is 0 Å². The molecule has 2 aromatic rings.